The highest BCUT2D eigenvalue weighted by molar-refractivity contribution is 7.92. The minimum absolute atomic E-state index is 0.0617. The first-order chi connectivity index (χ1) is 6.77. The Hall–Kier alpha value is -0.530. The lowest BCUT2D eigenvalue weighted by Gasteiger charge is -2.32. The zero-order chi connectivity index (χ0) is 12.1. The number of sulfone groups is 1. The van der Waals surface area contributed by atoms with E-state index in [1.807, 2.05) is 0 Å². The summed E-state index contributed by atoms with van der Waals surface area (Å²) in [6.45, 7) is 5.29. The Morgan fingerprint density at radius 2 is 1.93 bits per heavy atom. The summed E-state index contributed by atoms with van der Waals surface area (Å²) < 4.78 is 22.5. The van der Waals surface area contributed by atoms with Gasteiger partial charge < -0.3 is 5.32 Å². The van der Waals surface area contributed by atoms with Crippen molar-refractivity contribution in [3.05, 3.63) is 0 Å². The second kappa shape index (κ2) is 5.53. The smallest absolute Gasteiger partial charge is 0.154 e. The van der Waals surface area contributed by atoms with Crippen LogP contribution in [0.2, 0.25) is 0 Å². The highest BCUT2D eigenvalue weighted by Crippen LogP contribution is 2.22. The summed E-state index contributed by atoms with van der Waals surface area (Å²) >= 11 is 0. The second-order valence-electron chi connectivity index (χ2n) is 4.18. The first-order valence-corrected chi connectivity index (χ1v) is 6.93. The predicted octanol–water partition coefficient (Wildman–Crippen LogP) is 1.20. The van der Waals surface area contributed by atoms with Gasteiger partial charge in [0.05, 0.1) is 4.75 Å². The SMILES string of the molecule is CC#CCCC(NC)C(C)(C)S(C)(=O)=O. The molecule has 4 heteroatoms. The Bertz CT molecular complexity index is 347. The van der Waals surface area contributed by atoms with Crippen LogP contribution < -0.4 is 5.32 Å². The minimum atomic E-state index is -3.06. The van der Waals surface area contributed by atoms with Crippen LogP contribution in [0.3, 0.4) is 0 Å². The van der Waals surface area contributed by atoms with Gasteiger partial charge in [-0.15, -0.1) is 11.8 Å². The largest absolute Gasteiger partial charge is 0.315 e. The van der Waals surface area contributed by atoms with Crippen molar-refractivity contribution in [2.24, 2.45) is 0 Å². The molecule has 0 saturated carbocycles. The van der Waals surface area contributed by atoms with Crippen molar-refractivity contribution in [2.45, 2.75) is 44.4 Å². The highest BCUT2D eigenvalue weighted by atomic mass is 32.2. The lowest BCUT2D eigenvalue weighted by Crippen LogP contribution is -2.50. The molecule has 0 spiro atoms. The molecule has 0 saturated heterocycles. The molecular weight excluding hydrogens is 210 g/mol. The summed E-state index contributed by atoms with van der Waals surface area (Å²) in [7, 11) is -1.27. The van der Waals surface area contributed by atoms with Crippen LogP contribution in [-0.2, 0) is 9.84 Å². The second-order valence-corrected chi connectivity index (χ2v) is 6.78. The van der Waals surface area contributed by atoms with Crippen molar-refractivity contribution in [3.8, 4) is 11.8 Å². The lowest BCUT2D eigenvalue weighted by molar-refractivity contribution is 0.415. The molecule has 0 aromatic heterocycles. The van der Waals surface area contributed by atoms with Crippen molar-refractivity contribution in [2.75, 3.05) is 13.3 Å². The molecule has 0 radical (unpaired) electrons. The summed E-state index contributed by atoms with van der Waals surface area (Å²) in [6.07, 6.45) is 2.75. The Morgan fingerprint density at radius 3 is 2.27 bits per heavy atom. The van der Waals surface area contributed by atoms with Gasteiger partial charge in [0.1, 0.15) is 0 Å². The lowest BCUT2D eigenvalue weighted by atomic mass is 9.98. The molecule has 0 aliphatic carbocycles. The van der Waals surface area contributed by atoms with Gasteiger partial charge in [-0.25, -0.2) is 8.42 Å². The van der Waals surface area contributed by atoms with Crippen LogP contribution >= 0.6 is 0 Å². The van der Waals surface area contributed by atoms with Gasteiger partial charge in [0.15, 0.2) is 9.84 Å². The van der Waals surface area contributed by atoms with Crippen molar-refractivity contribution >= 4 is 9.84 Å². The average Bonchev–Trinajstić information content (AvgIpc) is 2.10. The highest BCUT2D eigenvalue weighted by Gasteiger charge is 2.37. The Balaban J connectivity index is 4.71. The van der Waals surface area contributed by atoms with Gasteiger partial charge in [0.25, 0.3) is 0 Å². The quantitative estimate of drug-likeness (QED) is 0.723. The van der Waals surface area contributed by atoms with Gasteiger partial charge in [-0.1, -0.05) is 0 Å². The maximum atomic E-state index is 11.6. The zero-order valence-electron chi connectivity index (χ0n) is 10.2. The van der Waals surface area contributed by atoms with Gasteiger partial charge in [0, 0.05) is 18.7 Å². The zero-order valence-corrected chi connectivity index (χ0v) is 11.0. The Morgan fingerprint density at radius 1 is 1.40 bits per heavy atom. The standard InChI is InChI=1S/C11H21NO2S/c1-6-7-8-9-10(12-4)11(2,3)15(5,13)14/h10,12H,8-9H2,1-5H3. The third-order valence-electron chi connectivity index (χ3n) is 2.88. The molecule has 88 valence electrons. The molecule has 0 bridgehead atoms. The summed E-state index contributed by atoms with van der Waals surface area (Å²) in [6, 6.07) is -0.0617. The van der Waals surface area contributed by atoms with E-state index in [-0.39, 0.29) is 6.04 Å². The van der Waals surface area contributed by atoms with Crippen molar-refractivity contribution in [1.82, 2.24) is 5.32 Å². The average molecular weight is 231 g/mol. The van der Waals surface area contributed by atoms with Crippen LogP contribution in [0.1, 0.15) is 33.6 Å². The molecule has 0 amide bonds. The van der Waals surface area contributed by atoms with Gasteiger partial charge in [-0.3, -0.25) is 0 Å². The van der Waals surface area contributed by atoms with Crippen molar-refractivity contribution in [1.29, 1.82) is 0 Å². The fourth-order valence-corrected chi connectivity index (χ4v) is 2.19. The Kier molecular flexibility index (Phi) is 5.33. The van der Waals surface area contributed by atoms with Gasteiger partial charge >= 0.3 is 0 Å². The van der Waals surface area contributed by atoms with E-state index in [9.17, 15) is 8.42 Å². The van der Waals surface area contributed by atoms with E-state index >= 15 is 0 Å². The summed E-state index contributed by atoms with van der Waals surface area (Å²) in [5, 5.41) is 3.06. The number of hydrogen-bond donors (Lipinski definition) is 1. The van der Waals surface area contributed by atoms with Gasteiger partial charge in [-0.2, -0.15) is 0 Å². The maximum absolute atomic E-state index is 11.6. The van der Waals surface area contributed by atoms with E-state index in [1.54, 1.807) is 27.8 Å². The third-order valence-corrected chi connectivity index (χ3v) is 5.07. The number of nitrogens with one attached hydrogen (secondary N) is 1. The number of hydrogen-bond acceptors (Lipinski definition) is 3. The van der Waals surface area contributed by atoms with Crippen LogP contribution in [0, 0.1) is 11.8 Å². The molecule has 0 aromatic carbocycles. The predicted molar refractivity (Wildman–Crippen MR) is 64.5 cm³/mol. The summed E-state index contributed by atoms with van der Waals surface area (Å²) in [5.41, 5.74) is 0. The first kappa shape index (κ1) is 14.5. The van der Waals surface area contributed by atoms with Crippen molar-refractivity contribution < 1.29 is 8.42 Å². The molecule has 15 heavy (non-hydrogen) atoms. The fourth-order valence-electron chi connectivity index (χ4n) is 1.44. The molecule has 1 N–H and O–H groups in total. The first-order valence-electron chi connectivity index (χ1n) is 5.03. The van der Waals surface area contributed by atoms with E-state index in [2.05, 4.69) is 17.2 Å². The molecule has 0 aromatic rings. The van der Waals surface area contributed by atoms with Crippen LogP contribution in [0.5, 0.6) is 0 Å². The van der Waals surface area contributed by atoms with Crippen LogP contribution in [0.25, 0.3) is 0 Å². The van der Waals surface area contributed by atoms with E-state index < -0.39 is 14.6 Å². The monoisotopic (exact) mass is 231 g/mol. The number of rotatable bonds is 5. The van der Waals surface area contributed by atoms with Crippen LogP contribution in [-0.4, -0.2) is 32.5 Å². The Labute approximate surface area is 93.6 Å². The molecular formula is C11H21NO2S. The molecule has 1 unspecified atom stereocenters. The topological polar surface area (TPSA) is 46.2 Å². The molecule has 3 nitrogen and oxygen atoms in total. The summed E-state index contributed by atoms with van der Waals surface area (Å²) in [5.74, 6) is 5.76. The van der Waals surface area contributed by atoms with Gasteiger partial charge in [0.2, 0.25) is 0 Å². The molecule has 0 aliphatic rings. The molecule has 0 rings (SSSR count). The fraction of sp³-hybridized carbons (Fsp3) is 0.818. The van der Waals surface area contributed by atoms with E-state index in [0.29, 0.717) is 0 Å². The van der Waals surface area contributed by atoms with E-state index in [0.717, 1.165) is 12.8 Å². The van der Waals surface area contributed by atoms with E-state index in [4.69, 9.17) is 0 Å². The minimum Gasteiger partial charge on any atom is -0.315 e. The normalized spacial score (nSPS) is 14.2. The van der Waals surface area contributed by atoms with Gasteiger partial charge in [-0.05, 0) is 34.2 Å². The molecule has 1 atom stereocenters. The molecule has 0 heterocycles. The van der Waals surface area contributed by atoms with Crippen LogP contribution in [0.4, 0.5) is 0 Å². The maximum Gasteiger partial charge on any atom is 0.154 e. The van der Waals surface area contributed by atoms with E-state index in [1.165, 1.54) is 6.26 Å². The van der Waals surface area contributed by atoms with Crippen molar-refractivity contribution in [3.63, 3.8) is 0 Å². The molecule has 0 fully saturated rings. The summed E-state index contributed by atoms with van der Waals surface area (Å²) in [4.78, 5) is 0. The van der Waals surface area contributed by atoms with Crippen LogP contribution in [0.15, 0.2) is 0 Å². The third kappa shape index (κ3) is 3.84. The molecule has 0 aliphatic heterocycles.